The number of nitrogens with one attached hydrogen (secondary N) is 1. The van der Waals surface area contributed by atoms with Crippen LogP contribution in [0.4, 0.5) is 5.69 Å². The molecule has 1 aliphatic heterocycles. The third-order valence-electron chi connectivity index (χ3n) is 4.23. The van der Waals surface area contributed by atoms with Crippen LogP contribution >= 0.6 is 0 Å². The highest BCUT2D eigenvalue weighted by Gasteiger charge is 2.17. The molecule has 0 spiro atoms. The zero-order valence-electron chi connectivity index (χ0n) is 14.8. The number of amides is 2. The molecule has 0 saturated carbocycles. The van der Waals surface area contributed by atoms with Gasteiger partial charge in [-0.05, 0) is 25.5 Å². The van der Waals surface area contributed by atoms with E-state index in [1.165, 1.54) is 6.92 Å². The second-order valence-corrected chi connectivity index (χ2v) is 6.26. The Balaban J connectivity index is 1.86. The Morgan fingerprint density at radius 1 is 1.25 bits per heavy atom. The Morgan fingerprint density at radius 2 is 1.96 bits per heavy atom. The molecule has 2 amide bonds. The van der Waals surface area contributed by atoms with Crippen molar-refractivity contribution in [3.8, 4) is 0 Å². The SMILES string of the molecule is CC(=O)N(CCN1CCOCC1)CC(=O)Nc1ccc(C)cc1C. The van der Waals surface area contributed by atoms with Crippen molar-refractivity contribution in [1.29, 1.82) is 0 Å². The summed E-state index contributed by atoms with van der Waals surface area (Å²) in [7, 11) is 0. The van der Waals surface area contributed by atoms with Crippen LogP contribution < -0.4 is 5.32 Å². The minimum Gasteiger partial charge on any atom is -0.379 e. The van der Waals surface area contributed by atoms with Crippen molar-refractivity contribution >= 4 is 17.5 Å². The van der Waals surface area contributed by atoms with Crippen LogP contribution in [0.25, 0.3) is 0 Å². The molecular weight excluding hydrogens is 306 g/mol. The van der Waals surface area contributed by atoms with E-state index >= 15 is 0 Å². The minimum absolute atomic E-state index is 0.0764. The molecule has 0 atom stereocenters. The molecule has 132 valence electrons. The van der Waals surface area contributed by atoms with Crippen LogP contribution in [0.2, 0.25) is 0 Å². The van der Waals surface area contributed by atoms with E-state index in [2.05, 4.69) is 10.2 Å². The summed E-state index contributed by atoms with van der Waals surface area (Å²) >= 11 is 0. The molecule has 1 aromatic carbocycles. The third-order valence-corrected chi connectivity index (χ3v) is 4.23. The van der Waals surface area contributed by atoms with Gasteiger partial charge in [0.05, 0.1) is 19.8 Å². The van der Waals surface area contributed by atoms with Crippen molar-refractivity contribution in [2.24, 2.45) is 0 Å². The number of hydrogen-bond acceptors (Lipinski definition) is 4. The lowest BCUT2D eigenvalue weighted by molar-refractivity contribution is -0.133. The van der Waals surface area contributed by atoms with E-state index in [4.69, 9.17) is 4.74 Å². The number of aryl methyl sites for hydroxylation is 2. The molecule has 0 unspecified atom stereocenters. The number of nitrogens with zero attached hydrogens (tertiary/aromatic N) is 2. The van der Waals surface area contributed by atoms with Crippen molar-refractivity contribution in [3.63, 3.8) is 0 Å². The van der Waals surface area contributed by atoms with Gasteiger partial charge in [-0.2, -0.15) is 0 Å². The molecule has 0 aliphatic carbocycles. The first-order chi connectivity index (χ1) is 11.5. The zero-order chi connectivity index (χ0) is 17.5. The fourth-order valence-electron chi connectivity index (χ4n) is 2.75. The Bertz CT molecular complexity index is 583. The maximum absolute atomic E-state index is 12.3. The zero-order valence-corrected chi connectivity index (χ0v) is 14.8. The largest absolute Gasteiger partial charge is 0.379 e. The van der Waals surface area contributed by atoms with Crippen LogP contribution in [0.3, 0.4) is 0 Å². The predicted octanol–water partition coefficient (Wildman–Crippen LogP) is 1.42. The fourth-order valence-corrected chi connectivity index (χ4v) is 2.75. The molecule has 0 bridgehead atoms. The van der Waals surface area contributed by atoms with Gasteiger partial charge in [-0.1, -0.05) is 17.7 Å². The molecule has 1 aliphatic rings. The summed E-state index contributed by atoms with van der Waals surface area (Å²) in [5.74, 6) is -0.252. The van der Waals surface area contributed by atoms with E-state index in [9.17, 15) is 9.59 Å². The summed E-state index contributed by atoms with van der Waals surface area (Å²) in [5, 5.41) is 2.89. The molecular formula is C18H27N3O3. The molecule has 0 radical (unpaired) electrons. The quantitative estimate of drug-likeness (QED) is 0.855. The lowest BCUT2D eigenvalue weighted by Crippen LogP contribution is -2.44. The molecule has 1 saturated heterocycles. The molecule has 1 fully saturated rings. The molecule has 24 heavy (non-hydrogen) atoms. The van der Waals surface area contributed by atoms with E-state index in [1.54, 1.807) is 4.90 Å². The van der Waals surface area contributed by atoms with Gasteiger partial charge in [-0.25, -0.2) is 0 Å². The second-order valence-electron chi connectivity index (χ2n) is 6.26. The maximum Gasteiger partial charge on any atom is 0.244 e. The fraction of sp³-hybridized carbons (Fsp3) is 0.556. The second kappa shape index (κ2) is 8.80. The Hall–Kier alpha value is -1.92. The summed E-state index contributed by atoms with van der Waals surface area (Å²) in [5.41, 5.74) is 2.97. The summed E-state index contributed by atoms with van der Waals surface area (Å²) in [4.78, 5) is 27.9. The topological polar surface area (TPSA) is 61.9 Å². The van der Waals surface area contributed by atoms with E-state index < -0.39 is 0 Å². The number of morpholine rings is 1. The number of anilines is 1. The first kappa shape index (κ1) is 18.4. The standard InChI is InChI=1S/C18H27N3O3/c1-14-4-5-17(15(2)12-14)19-18(23)13-21(16(3)22)7-6-20-8-10-24-11-9-20/h4-5,12H,6-11,13H2,1-3H3,(H,19,23). The van der Waals surface area contributed by atoms with Crippen LogP contribution in [0, 0.1) is 13.8 Å². The third kappa shape index (κ3) is 5.62. The summed E-state index contributed by atoms with van der Waals surface area (Å²) in [6.45, 7) is 10.1. The summed E-state index contributed by atoms with van der Waals surface area (Å²) < 4.78 is 5.32. The maximum atomic E-state index is 12.3. The van der Waals surface area contributed by atoms with Crippen molar-refractivity contribution in [1.82, 2.24) is 9.80 Å². The molecule has 1 N–H and O–H groups in total. The molecule has 1 heterocycles. The summed E-state index contributed by atoms with van der Waals surface area (Å²) in [6.07, 6.45) is 0. The van der Waals surface area contributed by atoms with Gasteiger partial charge >= 0.3 is 0 Å². The monoisotopic (exact) mass is 333 g/mol. The van der Waals surface area contributed by atoms with E-state index in [-0.39, 0.29) is 18.4 Å². The molecule has 1 aromatic rings. The van der Waals surface area contributed by atoms with E-state index in [1.807, 2.05) is 32.0 Å². The van der Waals surface area contributed by atoms with Gasteiger partial charge in [0.1, 0.15) is 0 Å². The van der Waals surface area contributed by atoms with E-state index in [0.29, 0.717) is 6.54 Å². The number of benzene rings is 1. The van der Waals surface area contributed by atoms with Crippen LogP contribution in [0.1, 0.15) is 18.1 Å². The highest BCUT2D eigenvalue weighted by Crippen LogP contribution is 2.15. The average molecular weight is 333 g/mol. The van der Waals surface area contributed by atoms with Gasteiger partial charge in [0.15, 0.2) is 0 Å². The Labute approximate surface area is 143 Å². The van der Waals surface area contributed by atoms with Crippen LogP contribution in [-0.2, 0) is 14.3 Å². The highest BCUT2D eigenvalue weighted by molar-refractivity contribution is 5.94. The number of carbonyl (C=O) groups excluding carboxylic acids is 2. The number of carbonyl (C=O) groups is 2. The minimum atomic E-state index is -0.167. The first-order valence-electron chi connectivity index (χ1n) is 8.38. The first-order valence-corrected chi connectivity index (χ1v) is 8.38. The lowest BCUT2D eigenvalue weighted by Gasteiger charge is -2.29. The smallest absolute Gasteiger partial charge is 0.244 e. The van der Waals surface area contributed by atoms with Crippen molar-refractivity contribution in [2.75, 3.05) is 51.3 Å². The van der Waals surface area contributed by atoms with Gasteiger partial charge in [0, 0.05) is 38.8 Å². The highest BCUT2D eigenvalue weighted by atomic mass is 16.5. The number of ether oxygens (including phenoxy) is 1. The van der Waals surface area contributed by atoms with Crippen LogP contribution in [0.5, 0.6) is 0 Å². The molecule has 0 aromatic heterocycles. The van der Waals surface area contributed by atoms with E-state index in [0.717, 1.165) is 49.7 Å². The average Bonchev–Trinajstić information content (AvgIpc) is 2.55. The predicted molar refractivity (Wildman–Crippen MR) is 94.1 cm³/mol. The van der Waals surface area contributed by atoms with Gasteiger partial charge < -0.3 is 15.0 Å². The number of hydrogen-bond donors (Lipinski definition) is 1. The Kier molecular flexibility index (Phi) is 6.75. The van der Waals surface area contributed by atoms with Gasteiger partial charge in [-0.3, -0.25) is 14.5 Å². The lowest BCUT2D eigenvalue weighted by atomic mass is 10.1. The summed E-state index contributed by atoms with van der Waals surface area (Å²) in [6, 6.07) is 5.88. The van der Waals surface area contributed by atoms with Crippen molar-refractivity contribution < 1.29 is 14.3 Å². The van der Waals surface area contributed by atoms with Gasteiger partial charge in [-0.15, -0.1) is 0 Å². The van der Waals surface area contributed by atoms with Gasteiger partial charge in [0.25, 0.3) is 0 Å². The Morgan fingerprint density at radius 3 is 2.58 bits per heavy atom. The molecule has 2 rings (SSSR count). The normalized spacial score (nSPS) is 15.1. The van der Waals surface area contributed by atoms with Crippen LogP contribution in [-0.4, -0.2) is 67.6 Å². The number of rotatable bonds is 6. The molecule has 6 heteroatoms. The van der Waals surface area contributed by atoms with Crippen LogP contribution in [0.15, 0.2) is 18.2 Å². The van der Waals surface area contributed by atoms with Crippen molar-refractivity contribution in [3.05, 3.63) is 29.3 Å². The molecule has 6 nitrogen and oxygen atoms in total. The van der Waals surface area contributed by atoms with Crippen molar-refractivity contribution in [2.45, 2.75) is 20.8 Å². The van der Waals surface area contributed by atoms with Gasteiger partial charge in [0.2, 0.25) is 11.8 Å².